The number of anilines is 1. The fourth-order valence-corrected chi connectivity index (χ4v) is 2.58. The molecule has 1 saturated carbocycles. The van der Waals surface area contributed by atoms with Crippen LogP contribution in [0.4, 0.5) is 10.5 Å². The average molecular weight is 355 g/mol. The van der Waals surface area contributed by atoms with Crippen LogP contribution in [0.25, 0.3) is 0 Å². The number of nitrogens with zero attached hydrogens (tertiary/aromatic N) is 1. The fourth-order valence-electron chi connectivity index (χ4n) is 2.10. The molecule has 0 unspecified atom stereocenters. The van der Waals surface area contributed by atoms with E-state index in [1.54, 1.807) is 6.07 Å². The number of hydrogen-bond donors (Lipinski definition) is 2. The summed E-state index contributed by atoms with van der Waals surface area (Å²) in [5.41, 5.74) is 0.769. The van der Waals surface area contributed by atoms with E-state index in [9.17, 15) is 9.59 Å². The minimum absolute atomic E-state index is 0.132. The fraction of sp³-hybridized carbons (Fsp3) is 0.467. The molecule has 1 aromatic rings. The van der Waals surface area contributed by atoms with E-state index in [0.29, 0.717) is 16.1 Å². The topological polar surface area (TPSA) is 69.6 Å². The lowest BCUT2D eigenvalue weighted by molar-refractivity contribution is 0.0697. The Balaban J connectivity index is 2.04. The smallest absolute Gasteiger partial charge is 0.335 e. The zero-order valence-corrected chi connectivity index (χ0v) is 13.5. The number of rotatable bonds is 6. The molecule has 0 radical (unpaired) electrons. The summed E-state index contributed by atoms with van der Waals surface area (Å²) >= 11 is 3.30. The standard InChI is InChI=1S/C15H19BrN2O3/c1-2-7-18(9-10-3-4-10)15(21)17-13-6-5-11(14(19)20)8-12(13)16/h5-6,8,10H,2-4,7,9H2,1H3,(H,17,21)(H,19,20). The number of aromatic carboxylic acids is 1. The maximum Gasteiger partial charge on any atom is 0.335 e. The van der Waals surface area contributed by atoms with E-state index in [0.717, 1.165) is 19.5 Å². The van der Waals surface area contributed by atoms with Crippen molar-refractivity contribution in [3.05, 3.63) is 28.2 Å². The van der Waals surface area contributed by atoms with Crippen LogP contribution in [0.2, 0.25) is 0 Å². The molecule has 0 atom stereocenters. The molecule has 114 valence electrons. The molecule has 5 nitrogen and oxygen atoms in total. The molecule has 6 heteroatoms. The highest BCUT2D eigenvalue weighted by molar-refractivity contribution is 9.10. The molecule has 1 aliphatic carbocycles. The Bertz CT molecular complexity index is 544. The van der Waals surface area contributed by atoms with Gasteiger partial charge in [-0.1, -0.05) is 6.92 Å². The number of carbonyl (C=O) groups is 2. The van der Waals surface area contributed by atoms with Crippen molar-refractivity contribution in [2.24, 2.45) is 5.92 Å². The third-order valence-electron chi connectivity index (χ3n) is 3.41. The van der Waals surface area contributed by atoms with Gasteiger partial charge >= 0.3 is 12.0 Å². The lowest BCUT2D eigenvalue weighted by Gasteiger charge is -2.22. The molecule has 2 rings (SSSR count). The summed E-state index contributed by atoms with van der Waals surface area (Å²) in [6.45, 7) is 3.57. The average Bonchev–Trinajstić information content (AvgIpc) is 3.24. The van der Waals surface area contributed by atoms with Crippen molar-refractivity contribution >= 4 is 33.6 Å². The molecule has 2 amide bonds. The molecule has 0 spiro atoms. The number of carbonyl (C=O) groups excluding carboxylic acids is 1. The predicted molar refractivity (Wildman–Crippen MR) is 84.7 cm³/mol. The normalized spacial score (nSPS) is 13.8. The third-order valence-corrected chi connectivity index (χ3v) is 4.07. The zero-order chi connectivity index (χ0) is 15.4. The molecule has 0 aliphatic heterocycles. The Hall–Kier alpha value is -1.56. The number of carboxylic acids is 1. The van der Waals surface area contributed by atoms with Crippen LogP contribution >= 0.6 is 15.9 Å². The van der Waals surface area contributed by atoms with Gasteiger partial charge in [0.05, 0.1) is 11.3 Å². The molecule has 0 aromatic heterocycles. The van der Waals surface area contributed by atoms with Crippen LogP contribution in [0.15, 0.2) is 22.7 Å². The molecule has 0 heterocycles. The maximum atomic E-state index is 12.3. The van der Waals surface area contributed by atoms with E-state index in [1.807, 2.05) is 11.8 Å². The highest BCUT2D eigenvalue weighted by atomic mass is 79.9. The first kappa shape index (κ1) is 15.8. The summed E-state index contributed by atoms with van der Waals surface area (Å²) in [7, 11) is 0. The number of urea groups is 1. The SMILES string of the molecule is CCCN(CC1CC1)C(=O)Nc1ccc(C(=O)O)cc1Br. The summed E-state index contributed by atoms with van der Waals surface area (Å²) < 4.78 is 0.568. The Morgan fingerprint density at radius 1 is 1.43 bits per heavy atom. The predicted octanol–water partition coefficient (Wildman–Crippen LogP) is 3.80. The molecule has 21 heavy (non-hydrogen) atoms. The van der Waals surface area contributed by atoms with E-state index < -0.39 is 5.97 Å². The van der Waals surface area contributed by atoms with E-state index in [4.69, 9.17) is 5.11 Å². The molecule has 2 N–H and O–H groups in total. The van der Waals surface area contributed by atoms with Crippen LogP contribution in [-0.2, 0) is 0 Å². The third kappa shape index (κ3) is 4.46. The van der Waals surface area contributed by atoms with Crippen LogP contribution < -0.4 is 5.32 Å². The summed E-state index contributed by atoms with van der Waals surface area (Å²) in [6.07, 6.45) is 3.31. The lowest BCUT2D eigenvalue weighted by Crippen LogP contribution is -2.37. The molecular weight excluding hydrogens is 336 g/mol. The quantitative estimate of drug-likeness (QED) is 0.816. The molecule has 0 bridgehead atoms. The van der Waals surface area contributed by atoms with Gasteiger partial charge in [-0.2, -0.15) is 0 Å². The van der Waals surface area contributed by atoms with Crippen molar-refractivity contribution in [3.8, 4) is 0 Å². The number of amides is 2. The summed E-state index contributed by atoms with van der Waals surface area (Å²) in [4.78, 5) is 25.0. The lowest BCUT2D eigenvalue weighted by atomic mass is 10.2. The van der Waals surface area contributed by atoms with Gasteiger partial charge in [0.25, 0.3) is 0 Å². The highest BCUT2D eigenvalue weighted by Gasteiger charge is 2.26. The Kier molecular flexibility index (Phi) is 5.22. The van der Waals surface area contributed by atoms with Gasteiger partial charge < -0.3 is 15.3 Å². The van der Waals surface area contributed by atoms with Gasteiger partial charge in [-0.05, 0) is 59.3 Å². The van der Waals surface area contributed by atoms with Gasteiger partial charge in [0, 0.05) is 17.6 Å². The van der Waals surface area contributed by atoms with Gasteiger partial charge in [-0.15, -0.1) is 0 Å². The molecular formula is C15H19BrN2O3. The van der Waals surface area contributed by atoms with Crippen molar-refractivity contribution < 1.29 is 14.7 Å². The second kappa shape index (κ2) is 6.93. The van der Waals surface area contributed by atoms with E-state index >= 15 is 0 Å². The largest absolute Gasteiger partial charge is 0.478 e. The van der Waals surface area contributed by atoms with Gasteiger partial charge in [-0.3, -0.25) is 0 Å². The Labute approximate surface area is 132 Å². The minimum atomic E-state index is -0.991. The van der Waals surface area contributed by atoms with Crippen molar-refractivity contribution in [3.63, 3.8) is 0 Å². The summed E-state index contributed by atoms with van der Waals surface area (Å²) in [5, 5.41) is 11.8. The summed E-state index contributed by atoms with van der Waals surface area (Å²) in [6, 6.07) is 4.44. The highest BCUT2D eigenvalue weighted by Crippen LogP contribution is 2.30. The minimum Gasteiger partial charge on any atom is -0.478 e. The first-order chi connectivity index (χ1) is 10.0. The number of hydrogen-bond acceptors (Lipinski definition) is 2. The van der Waals surface area contributed by atoms with Gasteiger partial charge in [0.1, 0.15) is 0 Å². The van der Waals surface area contributed by atoms with Crippen LogP contribution in [0.3, 0.4) is 0 Å². The van der Waals surface area contributed by atoms with Crippen LogP contribution in [0, 0.1) is 5.92 Å². The summed E-state index contributed by atoms with van der Waals surface area (Å²) in [5.74, 6) is -0.352. The number of nitrogens with one attached hydrogen (secondary N) is 1. The first-order valence-electron chi connectivity index (χ1n) is 7.10. The maximum absolute atomic E-state index is 12.3. The van der Waals surface area contributed by atoms with Crippen molar-refractivity contribution in [2.75, 3.05) is 18.4 Å². The Morgan fingerprint density at radius 3 is 2.67 bits per heavy atom. The van der Waals surface area contributed by atoms with E-state index in [-0.39, 0.29) is 11.6 Å². The van der Waals surface area contributed by atoms with Gasteiger partial charge in [0.2, 0.25) is 0 Å². The van der Waals surface area contributed by atoms with Crippen molar-refractivity contribution in [1.29, 1.82) is 0 Å². The monoisotopic (exact) mass is 354 g/mol. The number of benzene rings is 1. The van der Waals surface area contributed by atoms with Gasteiger partial charge in [-0.25, -0.2) is 9.59 Å². The van der Waals surface area contributed by atoms with Gasteiger partial charge in [0.15, 0.2) is 0 Å². The second-order valence-electron chi connectivity index (χ2n) is 5.32. The van der Waals surface area contributed by atoms with Crippen LogP contribution in [0.1, 0.15) is 36.5 Å². The number of carboxylic acid groups (broad SMARTS) is 1. The molecule has 1 fully saturated rings. The molecule has 0 saturated heterocycles. The van der Waals surface area contributed by atoms with E-state index in [1.165, 1.54) is 25.0 Å². The molecule has 1 aromatic carbocycles. The zero-order valence-electron chi connectivity index (χ0n) is 11.9. The number of halogens is 1. The van der Waals surface area contributed by atoms with Crippen molar-refractivity contribution in [1.82, 2.24) is 4.90 Å². The Morgan fingerprint density at radius 2 is 2.14 bits per heavy atom. The van der Waals surface area contributed by atoms with Crippen LogP contribution in [0.5, 0.6) is 0 Å². The first-order valence-corrected chi connectivity index (χ1v) is 7.89. The van der Waals surface area contributed by atoms with E-state index in [2.05, 4.69) is 21.2 Å². The van der Waals surface area contributed by atoms with Crippen molar-refractivity contribution in [2.45, 2.75) is 26.2 Å². The second-order valence-corrected chi connectivity index (χ2v) is 6.17. The van der Waals surface area contributed by atoms with Crippen LogP contribution in [-0.4, -0.2) is 35.1 Å². The molecule has 1 aliphatic rings.